The lowest BCUT2D eigenvalue weighted by atomic mass is 9.98. The summed E-state index contributed by atoms with van der Waals surface area (Å²) in [5.74, 6) is -0.301. The van der Waals surface area contributed by atoms with Crippen LogP contribution in [0.3, 0.4) is 0 Å². The first-order valence-electron chi connectivity index (χ1n) is 5.57. The second kappa shape index (κ2) is 4.04. The number of rotatable bonds is 1. The van der Waals surface area contributed by atoms with E-state index in [1.165, 1.54) is 17.7 Å². The molecule has 0 amide bonds. The summed E-state index contributed by atoms with van der Waals surface area (Å²) < 4.78 is 13.0. The van der Waals surface area contributed by atoms with Crippen LogP contribution in [0.15, 0.2) is 36.4 Å². The summed E-state index contributed by atoms with van der Waals surface area (Å²) in [6.07, 6.45) is 0.985. The van der Waals surface area contributed by atoms with Gasteiger partial charge in [0.25, 0.3) is 0 Å². The monoisotopic (exact) mass is 247 g/mol. The molecule has 3 heteroatoms. The number of nitrogens with one attached hydrogen (secondary N) is 1. The maximum atomic E-state index is 13.0. The molecule has 0 bridgehead atoms. The molecule has 1 nitrogen and oxygen atoms in total. The van der Waals surface area contributed by atoms with Crippen molar-refractivity contribution in [1.82, 2.24) is 0 Å². The fourth-order valence-corrected chi connectivity index (χ4v) is 2.57. The third kappa shape index (κ3) is 1.79. The SMILES string of the molecule is Fc1ccc(-c2cccc3c2CCN3)c(Cl)c1. The fourth-order valence-electron chi connectivity index (χ4n) is 2.30. The largest absolute Gasteiger partial charge is 0.384 e. The number of anilines is 1. The van der Waals surface area contributed by atoms with Crippen LogP contribution in [0.4, 0.5) is 10.1 Å². The van der Waals surface area contributed by atoms with Crippen molar-refractivity contribution in [2.45, 2.75) is 6.42 Å². The van der Waals surface area contributed by atoms with E-state index in [1.54, 1.807) is 6.07 Å². The number of halogens is 2. The van der Waals surface area contributed by atoms with Gasteiger partial charge in [0.2, 0.25) is 0 Å². The van der Waals surface area contributed by atoms with Crippen molar-refractivity contribution in [3.8, 4) is 11.1 Å². The Kier molecular flexibility index (Phi) is 2.52. The zero-order valence-electron chi connectivity index (χ0n) is 9.13. The van der Waals surface area contributed by atoms with Gasteiger partial charge in [-0.05, 0) is 41.8 Å². The van der Waals surface area contributed by atoms with Crippen molar-refractivity contribution in [1.29, 1.82) is 0 Å². The van der Waals surface area contributed by atoms with Gasteiger partial charge in [-0.1, -0.05) is 23.7 Å². The van der Waals surface area contributed by atoms with Crippen molar-refractivity contribution in [2.24, 2.45) is 0 Å². The number of hydrogen-bond acceptors (Lipinski definition) is 1. The Balaban J connectivity index is 2.19. The minimum absolute atomic E-state index is 0.301. The smallest absolute Gasteiger partial charge is 0.124 e. The van der Waals surface area contributed by atoms with Crippen LogP contribution in [-0.4, -0.2) is 6.54 Å². The molecule has 0 aliphatic carbocycles. The van der Waals surface area contributed by atoms with Gasteiger partial charge in [0.15, 0.2) is 0 Å². The van der Waals surface area contributed by atoms with Crippen LogP contribution < -0.4 is 5.32 Å². The Morgan fingerprint density at radius 3 is 2.82 bits per heavy atom. The molecule has 0 spiro atoms. The molecule has 86 valence electrons. The highest BCUT2D eigenvalue weighted by molar-refractivity contribution is 6.33. The minimum Gasteiger partial charge on any atom is -0.384 e. The first-order valence-corrected chi connectivity index (χ1v) is 5.95. The molecule has 3 rings (SSSR count). The molecule has 0 radical (unpaired) electrons. The van der Waals surface area contributed by atoms with Crippen LogP contribution in [-0.2, 0) is 6.42 Å². The van der Waals surface area contributed by atoms with Crippen LogP contribution >= 0.6 is 11.6 Å². The van der Waals surface area contributed by atoms with E-state index in [2.05, 4.69) is 11.4 Å². The van der Waals surface area contributed by atoms with Crippen LogP contribution in [0.25, 0.3) is 11.1 Å². The van der Waals surface area contributed by atoms with Crippen molar-refractivity contribution in [3.63, 3.8) is 0 Å². The Morgan fingerprint density at radius 1 is 1.12 bits per heavy atom. The van der Waals surface area contributed by atoms with Crippen molar-refractivity contribution >= 4 is 17.3 Å². The second-order valence-corrected chi connectivity index (χ2v) is 4.54. The predicted octanol–water partition coefficient (Wildman–Crippen LogP) is 4.11. The molecule has 0 unspecified atom stereocenters. The van der Waals surface area contributed by atoms with Gasteiger partial charge in [0, 0.05) is 17.8 Å². The standard InChI is InChI=1S/C14H11ClFN/c15-13-8-9(16)4-5-11(13)10-2-1-3-14-12(10)6-7-17-14/h1-5,8,17H,6-7H2. The first-order chi connectivity index (χ1) is 8.25. The van der Waals surface area contributed by atoms with Gasteiger partial charge in [-0.3, -0.25) is 0 Å². The second-order valence-electron chi connectivity index (χ2n) is 4.13. The summed E-state index contributed by atoms with van der Waals surface area (Å²) in [5, 5.41) is 3.79. The van der Waals surface area contributed by atoms with E-state index >= 15 is 0 Å². The number of hydrogen-bond donors (Lipinski definition) is 1. The molecular formula is C14H11ClFN. The quantitative estimate of drug-likeness (QED) is 0.800. The zero-order valence-corrected chi connectivity index (χ0v) is 9.89. The summed E-state index contributed by atoms with van der Waals surface area (Å²) in [7, 11) is 0. The summed E-state index contributed by atoms with van der Waals surface area (Å²) >= 11 is 6.11. The average Bonchev–Trinajstić information content (AvgIpc) is 2.77. The Morgan fingerprint density at radius 2 is 2.00 bits per heavy atom. The third-order valence-electron chi connectivity index (χ3n) is 3.09. The molecular weight excluding hydrogens is 237 g/mol. The molecule has 1 heterocycles. The maximum Gasteiger partial charge on any atom is 0.124 e. The van der Waals surface area contributed by atoms with Gasteiger partial charge in [-0.25, -0.2) is 4.39 Å². The zero-order chi connectivity index (χ0) is 11.8. The van der Waals surface area contributed by atoms with Crippen LogP contribution in [0.2, 0.25) is 5.02 Å². The highest BCUT2D eigenvalue weighted by atomic mass is 35.5. The highest BCUT2D eigenvalue weighted by Gasteiger charge is 2.16. The number of benzene rings is 2. The molecule has 2 aromatic carbocycles. The van der Waals surface area contributed by atoms with Crippen LogP contribution in [0, 0.1) is 5.82 Å². The van der Waals surface area contributed by atoms with Crippen molar-refractivity contribution in [3.05, 3.63) is 52.8 Å². The average molecular weight is 248 g/mol. The van der Waals surface area contributed by atoms with Gasteiger partial charge >= 0.3 is 0 Å². The lowest BCUT2D eigenvalue weighted by molar-refractivity contribution is 0.628. The molecule has 1 N–H and O–H groups in total. The summed E-state index contributed by atoms with van der Waals surface area (Å²) in [5.41, 5.74) is 4.41. The van der Waals surface area contributed by atoms with E-state index in [4.69, 9.17) is 11.6 Å². The van der Waals surface area contributed by atoms with Gasteiger partial charge in [-0.2, -0.15) is 0 Å². The molecule has 0 aromatic heterocycles. The molecule has 0 saturated heterocycles. The van der Waals surface area contributed by atoms with Crippen LogP contribution in [0.1, 0.15) is 5.56 Å². The normalized spacial score (nSPS) is 13.3. The maximum absolute atomic E-state index is 13.0. The molecule has 0 atom stereocenters. The minimum atomic E-state index is -0.301. The Labute approximate surface area is 104 Å². The van der Waals surface area contributed by atoms with E-state index in [9.17, 15) is 4.39 Å². The fraction of sp³-hybridized carbons (Fsp3) is 0.143. The Bertz CT molecular complexity index is 580. The molecule has 17 heavy (non-hydrogen) atoms. The molecule has 2 aromatic rings. The lowest BCUT2D eigenvalue weighted by Gasteiger charge is -2.09. The first kappa shape index (κ1) is 10.6. The third-order valence-corrected chi connectivity index (χ3v) is 3.40. The highest BCUT2D eigenvalue weighted by Crippen LogP contribution is 2.36. The molecule has 1 aliphatic rings. The predicted molar refractivity (Wildman–Crippen MR) is 69.0 cm³/mol. The van der Waals surface area contributed by atoms with Gasteiger partial charge in [0.1, 0.15) is 5.82 Å². The van der Waals surface area contributed by atoms with Crippen LogP contribution in [0.5, 0.6) is 0 Å². The molecule has 0 fully saturated rings. The van der Waals surface area contributed by atoms with E-state index in [0.29, 0.717) is 5.02 Å². The van der Waals surface area contributed by atoms with Crippen molar-refractivity contribution < 1.29 is 4.39 Å². The lowest BCUT2D eigenvalue weighted by Crippen LogP contribution is -1.90. The van der Waals surface area contributed by atoms with E-state index in [0.717, 1.165) is 29.8 Å². The van der Waals surface area contributed by atoms with Crippen molar-refractivity contribution in [2.75, 3.05) is 11.9 Å². The van der Waals surface area contributed by atoms with E-state index < -0.39 is 0 Å². The molecule has 0 saturated carbocycles. The summed E-state index contributed by atoms with van der Waals surface area (Å²) in [6, 6.07) is 10.6. The summed E-state index contributed by atoms with van der Waals surface area (Å²) in [6.45, 7) is 0.950. The van der Waals surface area contributed by atoms with Gasteiger partial charge in [0.05, 0.1) is 5.02 Å². The number of fused-ring (bicyclic) bond motifs is 1. The van der Waals surface area contributed by atoms with Gasteiger partial charge < -0.3 is 5.32 Å². The Hall–Kier alpha value is -1.54. The van der Waals surface area contributed by atoms with E-state index in [1.807, 2.05) is 12.1 Å². The molecule has 1 aliphatic heterocycles. The topological polar surface area (TPSA) is 12.0 Å². The van der Waals surface area contributed by atoms with E-state index in [-0.39, 0.29) is 5.82 Å². The summed E-state index contributed by atoms with van der Waals surface area (Å²) in [4.78, 5) is 0. The van der Waals surface area contributed by atoms with Gasteiger partial charge in [-0.15, -0.1) is 0 Å².